The second-order valence-corrected chi connectivity index (χ2v) is 6.37. The predicted octanol–water partition coefficient (Wildman–Crippen LogP) is 2.91. The lowest BCUT2D eigenvalue weighted by atomic mass is 10.3. The monoisotopic (exact) mass is 403 g/mol. The van der Waals surface area contributed by atoms with Gasteiger partial charge in [-0.1, -0.05) is 0 Å². The van der Waals surface area contributed by atoms with Crippen LogP contribution in [-0.4, -0.2) is 32.0 Å². The first-order valence-corrected chi connectivity index (χ1v) is 8.37. The minimum atomic E-state index is -2.65. The van der Waals surface area contributed by atoms with Crippen molar-refractivity contribution in [2.75, 3.05) is 6.54 Å². The lowest BCUT2D eigenvalue weighted by molar-refractivity contribution is -0.121. The van der Waals surface area contributed by atoms with Crippen molar-refractivity contribution in [1.82, 2.24) is 24.9 Å². The van der Waals surface area contributed by atoms with E-state index in [4.69, 9.17) is 0 Å². The van der Waals surface area contributed by atoms with Gasteiger partial charge in [-0.2, -0.15) is 10.2 Å². The zero-order valence-corrected chi connectivity index (χ0v) is 15.4. The van der Waals surface area contributed by atoms with Crippen molar-refractivity contribution >= 4 is 21.8 Å². The Kier molecular flexibility index (Phi) is 6.09. The molecule has 9 heteroatoms. The first-order chi connectivity index (χ1) is 11.3. The molecule has 6 nitrogen and oxygen atoms in total. The summed E-state index contributed by atoms with van der Waals surface area (Å²) >= 11 is 3.47. The van der Waals surface area contributed by atoms with Crippen LogP contribution in [-0.2, 0) is 17.9 Å². The smallest absolute Gasteiger partial charge is 0.280 e. The fourth-order valence-electron chi connectivity index (χ4n) is 2.41. The minimum Gasteiger partial charge on any atom is -0.354 e. The van der Waals surface area contributed by atoms with Gasteiger partial charge in [-0.15, -0.1) is 0 Å². The molecule has 0 atom stereocenters. The van der Waals surface area contributed by atoms with Gasteiger partial charge in [0.25, 0.3) is 6.43 Å². The number of nitrogens with zero attached hydrogens (tertiary/aromatic N) is 4. The summed E-state index contributed by atoms with van der Waals surface area (Å²) in [5, 5.41) is 11.0. The van der Waals surface area contributed by atoms with Crippen molar-refractivity contribution in [1.29, 1.82) is 0 Å². The number of hydrogen-bond acceptors (Lipinski definition) is 3. The second kappa shape index (κ2) is 7.87. The van der Waals surface area contributed by atoms with Gasteiger partial charge in [0.15, 0.2) is 0 Å². The van der Waals surface area contributed by atoms with E-state index in [1.165, 1.54) is 6.07 Å². The number of carbonyl (C=O) groups is 1. The Morgan fingerprint density at radius 1 is 1.29 bits per heavy atom. The van der Waals surface area contributed by atoms with Crippen LogP contribution in [0.5, 0.6) is 0 Å². The van der Waals surface area contributed by atoms with Crippen LogP contribution in [0, 0.1) is 20.8 Å². The summed E-state index contributed by atoms with van der Waals surface area (Å²) in [5.41, 5.74) is 2.18. The number of rotatable bonds is 7. The number of amides is 1. The lowest BCUT2D eigenvalue weighted by Crippen LogP contribution is -2.30. The maximum atomic E-state index is 12.9. The van der Waals surface area contributed by atoms with Gasteiger partial charge in [0.2, 0.25) is 5.91 Å². The van der Waals surface area contributed by atoms with Gasteiger partial charge in [0, 0.05) is 18.8 Å². The van der Waals surface area contributed by atoms with E-state index in [2.05, 4.69) is 31.4 Å². The number of alkyl halides is 2. The molecule has 1 amide bonds. The molecule has 0 aliphatic heterocycles. The van der Waals surface area contributed by atoms with Crippen molar-refractivity contribution in [3.05, 3.63) is 33.3 Å². The molecule has 0 spiro atoms. The maximum Gasteiger partial charge on any atom is 0.280 e. The van der Waals surface area contributed by atoms with Crippen molar-refractivity contribution in [2.45, 2.75) is 46.7 Å². The van der Waals surface area contributed by atoms with Crippen LogP contribution >= 0.6 is 15.9 Å². The molecule has 24 heavy (non-hydrogen) atoms. The van der Waals surface area contributed by atoms with E-state index in [0.29, 0.717) is 25.2 Å². The van der Waals surface area contributed by atoms with E-state index in [1.807, 2.05) is 18.5 Å². The molecule has 1 N–H and O–H groups in total. The Morgan fingerprint density at radius 3 is 2.58 bits per heavy atom. The van der Waals surface area contributed by atoms with E-state index >= 15 is 0 Å². The molecule has 0 aliphatic carbocycles. The Morgan fingerprint density at radius 2 is 2.00 bits per heavy atom. The molecule has 2 heterocycles. The molecule has 0 bridgehead atoms. The largest absolute Gasteiger partial charge is 0.354 e. The third-order valence-electron chi connectivity index (χ3n) is 3.61. The van der Waals surface area contributed by atoms with Gasteiger partial charge in [0.1, 0.15) is 12.2 Å². The third-order valence-corrected chi connectivity index (χ3v) is 4.76. The molecule has 2 aromatic rings. The van der Waals surface area contributed by atoms with E-state index in [0.717, 1.165) is 20.5 Å². The summed E-state index contributed by atoms with van der Waals surface area (Å²) in [6, 6.07) is 1.29. The van der Waals surface area contributed by atoms with Crippen LogP contribution in [0.4, 0.5) is 8.78 Å². The highest BCUT2D eigenvalue weighted by molar-refractivity contribution is 9.10. The standard InChI is InChI=1S/C15H20BrF2N5O/c1-9-7-12(15(17)18)23(20-9)8-13(24)19-5-4-6-22-11(3)14(16)10(2)21-22/h7,15H,4-6,8H2,1-3H3,(H,19,24). The van der Waals surface area contributed by atoms with Crippen LogP contribution in [0.3, 0.4) is 0 Å². The van der Waals surface area contributed by atoms with Gasteiger partial charge in [-0.3, -0.25) is 14.2 Å². The van der Waals surface area contributed by atoms with Crippen LogP contribution < -0.4 is 5.32 Å². The van der Waals surface area contributed by atoms with Crippen LogP contribution in [0.1, 0.15) is 35.6 Å². The Bertz CT molecular complexity index is 726. The average molecular weight is 404 g/mol. The third kappa shape index (κ3) is 4.40. The molecular weight excluding hydrogens is 384 g/mol. The Balaban J connectivity index is 1.80. The zero-order valence-electron chi connectivity index (χ0n) is 13.8. The highest BCUT2D eigenvalue weighted by atomic mass is 79.9. The SMILES string of the molecule is Cc1cc(C(F)F)n(CC(=O)NCCCn2nc(C)c(Br)c2C)n1. The molecule has 0 unspecified atom stereocenters. The summed E-state index contributed by atoms with van der Waals surface area (Å²) in [5.74, 6) is -0.338. The van der Waals surface area contributed by atoms with Gasteiger partial charge in [-0.05, 0) is 49.2 Å². The average Bonchev–Trinajstić information content (AvgIpc) is 2.99. The summed E-state index contributed by atoms with van der Waals surface area (Å²) in [6.45, 7) is 6.41. The fourth-order valence-corrected chi connectivity index (χ4v) is 2.69. The van der Waals surface area contributed by atoms with Gasteiger partial charge < -0.3 is 5.32 Å². The fraction of sp³-hybridized carbons (Fsp3) is 0.533. The topological polar surface area (TPSA) is 64.7 Å². The number of halogens is 3. The zero-order chi connectivity index (χ0) is 17.9. The first-order valence-electron chi connectivity index (χ1n) is 7.58. The number of aromatic nitrogens is 4. The number of carbonyl (C=O) groups excluding carboxylic acids is 1. The summed E-state index contributed by atoms with van der Waals surface area (Å²) < 4.78 is 29.6. The molecule has 0 saturated heterocycles. The van der Waals surface area contributed by atoms with Gasteiger partial charge in [-0.25, -0.2) is 8.78 Å². The highest BCUT2D eigenvalue weighted by Crippen LogP contribution is 2.20. The molecular formula is C15H20BrF2N5O. The number of hydrogen-bond donors (Lipinski definition) is 1. The summed E-state index contributed by atoms with van der Waals surface area (Å²) in [7, 11) is 0. The highest BCUT2D eigenvalue weighted by Gasteiger charge is 2.17. The normalized spacial score (nSPS) is 11.3. The van der Waals surface area contributed by atoms with E-state index in [-0.39, 0.29) is 18.1 Å². The molecule has 2 aromatic heterocycles. The first kappa shape index (κ1) is 18.6. The van der Waals surface area contributed by atoms with Crippen LogP contribution in [0.15, 0.2) is 10.5 Å². The molecule has 0 radical (unpaired) electrons. The van der Waals surface area contributed by atoms with Crippen LogP contribution in [0.25, 0.3) is 0 Å². The molecule has 0 fully saturated rings. The second-order valence-electron chi connectivity index (χ2n) is 5.58. The lowest BCUT2D eigenvalue weighted by Gasteiger charge is -2.09. The Hall–Kier alpha value is -1.77. The molecule has 0 aliphatic rings. The molecule has 0 aromatic carbocycles. The molecule has 2 rings (SSSR count). The minimum absolute atomic E-state index is 0.209. The Labute approximate surface area is 147 Å². The van der Waals surface area contributed by atoms with E-state index < -0.39 is 6.43 Å². The maximum absolute atomic E-state index is 12.9. The molecule has 132 valence electrons. The summed E-state index contributed by atoms with van der Waals surface area (Å²) in [6.07, 6.45) is -1.96. The van der Waals surface area contributed by atoms with Crippen molar-refractivity contribution < 1.29 is 13.6 Å². The van der Waals surface area contributed by atoms with Gasteiger partial charge >= 0.3 is 0 Å². The van der Waals surface area contributed by atoms with E-state index in [1.54, 1.807) is 6.92 Å². The predicted molar refractivity (Wildman–Crippen MR) is 88.9 cm³/mol. The van der Waals surface area contributed by atoms with Gasteiger partial charge in [0.05, 0.1) is 15.9 Å². The quantitative estimate of drug-likeness (QED) is 0.722. The van der Waals surface area contributed by atoms with Crippen LogP contribution in [0.2, 0.25) is 0 Å². The van der Waals surface area contributed by atoms with E-state index in [9.17, 15) is 13.6 Å². The van der Waals surface area contributed by atoms with Crippen molar-refractivity contribution in [3.8, 4) is 0 Å². The number of nitrogens with one attached hydrogen (secondary N) is 1. The van der Waals surface area contributed by atoms with Crippen molar-refractivity contribution in [3.63, 3.8) is 0 Å². The summed E-state index contributed by atoms with van der Waals surface area (Å²) in [4.78, 5) is 11.9. The molecule has 0 saturated carbocycles. The number of aryl methyl sites for hydroxylation is 3. The van der Waals surface area contributed by atoms with Crippen molar-refractivity contribution in [2.24, 2.45) is 0 Å².